The number of nitrogens with one attached hydrogen (secondary N) is 1. The van der Waals surface area contributed by atoms with E-state index in [9.17, 15) is 13.9 Å². The summed E-state index contributed by atoms with van der Waals surface area (Å²) in [7, 11) is 3.69. The molecule has 108 valence electrons. The summed E-state index contributed by atoms with van der Waals surface area (Å²) < 4.78 is 26.2. The molecule has 4 nitrogen and oxygen atoms in total. The van der Waals surface area contributed by atoms with Gasteiger partial charge in [0.15, 0.2) is 17.4 Å². The summed E-state index contributed by atoms with van der Waals surface area (Å²) in [6, 6.07) is 2.12. The van der Waals surface area contributed by atoms with Gasteiger partial charge in [-0.2, -0.15) is 0 Å². The molecule has 0 fully saturated rings. The monoisotopic (exact) mass is 274 g/mol. The summed E-state index contributed by atoms with van der Waals surface area (Å²) in [5.74, 6) is -2.95. The molecule has 0 heterocycles. The number of rotatable bonds is 6. The molecule has 0 saturated carbocycles. The molecular formula is C13H20F2N2O2. The van der Waals surface area contributed by atoms with Crippen molar-refractivity contribution in [2.75, 3.05) is 27.2 Å². The van der Waals surface area contributed by atoms with Gasteiger partial charge >= 0.3 is 0 Å². The highest BCUT2D eigenvalue weighted by Gasteiger charge is 2.20. The van der Waals surface area contributed by atoms with E-state index >= 15 is 0 Å². The fraction of sp³-hybridized carbons (Fsp3) is 0.538. The molecule has 0 bridgehead atoms. The maximum Gasteiger partial charge on any atom is 0.187 e. The lowest BCUT2D eigenvalue weighted by atomic mass is 10.1. The Morgan fingerprint density at radius 3 is 2.26 bits per heavy atom. The van der Waals surface area contributed by atoms with Crippen LogP contribution in [0, 0.1) is 11.6 Å². The molecule has 0 spiro atoms. The van der Waals surface area contributed by atoms with Crippen molar-refractivity contribution in [3.05, 3.63) is 29.3 Å². The number of likely N-dealkylation sites (N-methyl/N-ethyl adjacent to an activating group) is 1. The molecule has 0 aliphatic rings. The van der Waals surface area contributed by atoms with Crippen LogP contribution >= 0.6 is 0 Å². The molecule has 0 aromatic heterocycles. The van der Waals surface area contributed by atoms with Gasteiger partial charge in [0.05, 0.1) is 5.60 Å². The number of phenolic OH excluding ortho intramolecular Hbond substituents is 1. The topological polar surface area (TPSA) is 55.7 Å². The van der Waals surface area contributed by atoms with Crippen molar-refractivity contribution in [1.82, 2.24) is 10.2 Å². The highest BCUT2D eigenvalue weighted by atomic mass is 19.1. The first-order chi connectivity index (χ1) is 8.71. The second kappa shape index (κ2) is 6.27. The number of hydrogen-bond donors (Lipinski definition) is 3. The minimum atomic E-state index is -0.989. The van der Waals surface area contributed by atoms with Gasteiger partial charge in [-0.25, -0.2) is 8.78 Å². The van der Waals surface area contributed by atoms with Gasteiger partial charge in [0.1, 0.15) is 0 Å². The molecule has 0 saturated heterocycles. The maximum atomic E-state index is 13.1. The lowest BCUT2D eigenvalue weighted by Gasteiger charge is -2.27. The first kappa shape index (κ1) is 15.8. The number of nitrogens with zero attached hydrogens (tertiary/aromatic N) is 1. The van der Waals surface area contributed by atoms with Crippen molar-refractivity contribution in [1.29, 1.82) is 0 Å². The Morgan fingerprint density at radius 1 is 1.26 bits per heavy atom. The molecule has 3 N–H and O–H groups in total. The summed E-state index contributed by atoms with van der Waals surface area (Å²) in [6.45, 7) is 2.64. The zero-order valence-corrected chi connectivity index (χ0v) is 11.4. The van der Waals surface area contributed by atoms with Gasteiger partial charge in [0.25, 0.3) is 0 Å². The largest absolute Gasteiger partial charge is 0.503 e. The first-order valence-electron chi connectivity index (χ1n) is 5.96. The van der Waals surface area contributed by atoms with Gasteiger partial charge in [-0.05, 0) is 38.7 Å². The normalized spacial score (nSPS) is 14.7. The Kier molecular flexibility index (Phi) is 5.22. The first-order valence-corrected chi connectivity index (χ1v) is 5.96. The van der Waals surface area contributed by atoms with Crippen LogP contribution in [0.2, 0.25) is 0 Å². The zero-order valence-electron chi connectivity index (χ0n) is 11.4. The fourth-order valence-electron chi connectivity index (χ4n) is 1.93. The number of aliphatic hydroxyl groups is 1. The van der Waals surface area contributed by atoms with Crippen LogP contribution in [0.5, 0.6) is 5.75 Å². The van der Waals surface area contributed by atoms with E-state index in [1.54, 1.807) is 6.92 Å². The van der Waals surface area contributed by atoms with E-state index in [2.05, 4.69) is 5.32 Å². The van der Waals surface area contributed by atoms with Crippen molar-refractivity contribution in [2.24, 2.45) is 0 Å². The van der Waals surface area contributed by atoms with E-state index in [1.165, 1.54) is 0 Å². The van der Waals surface area contributed by atoms with Crippen LogP contribution in [0.3, 0.4) is 0 Å². The SMILES string of the molecule is CN(C)CC(C)(O)CNCc1cc(F)c(O)c(F)c1. The molecule has 1 rings (SSSR count). The van der Waals surface area contributed by atoms with Crippen molar-refractivity contribution >= 4 is 0 Å². The Labute approximate surface area is 111 Å². The number of aromatic hydroxyl groups is 1. The van der Waals surface area contributed by atoms with Crippen LogP contribution in [-0.4, -0.2) is 47.9 Å². The third-order valence-electron chi connectivity index (χ3n) is 2.57. The van der Waals surface area contributed by atoms with Crippen LogP contribution in [-0.2, 0) is 6.54 Å². The summed E-state index contributed by atoms with van der Waals surface area (Å²) in [5.41, 5.74) is -0.564. The van der Waals surface area contributed by atoms with Crippen molar-refractivity contribution < 1.29 is 19.0 Å². The minimum absolute atomic E-state index is 0.206. The number of halogens is 2. The molecule has 1 aromatic carbocycles. The van der Waals surface area contributed by atoms with Gasteiger partial charge in [-0.15, -0.1) is 0 Å². The Morgan fingerprint density at radius 2 is 1.79 bits per heavy atom. The molecule has 0 amide bonds. The fourth-order valence-corrected chi connectivity index (χ4v) is 1.93. The molecule has 6 heteroatoms. The second-order valence-corrected chi connectivity index (χ2v) is 5.25. The van der Waals surface area contributed by atoms with Gasteiger partial charge in [-0.3, -0.25) is 0 Å². The van der Waals surface area contributed by atoms with Gasteiger partial charge in [0.2, 0.25) is 0 Å². The third-order valence-corrected chi connectivity index (χ3v) is 2.57. The molecule has 0 aliphatic carbocycles. The summed E-state index contributed by atoms with van der Waals surface area (Å²) in [4.78, 5) is 1.85. The van der Waals surface area contributed by atoms with E-state index in [-0.39, 0.29) is 13.1 Å². The smallest absolute Gasteiger partial charge is 0.187 e. The van der Waals surface area contributed by atoms with Crippen molar-refractivity contribution in [3.8, 4) is 5.75 Å². The average Bonchev–Trinajstić information content (AvgIpc) is 2.23. The lowest BCUT2D eigenvalue weighted by Crippen LogP contribution is -2.45. The summed E-state index contributed by atoms with van der Waals surface area (Å²) in [5, 5.41) is 21.9. The Balaban J connectivity index is 2.54. The van der Waals surface area contributed by atoms with Crippen LogP contribution < -0.4 is 5.32 Å². The van der Waals surface area contributed by atoms with E-state index in [0.29, 0.717) is 12.1 Å². The number of benzene rings is 1. The van der Waals surface area contributed by atoms with Crippen molar-refractivity contribution in [2.45, 2.75) is 19.1 Å². The predicted octanol–water partition coefficient (Wildman–Crippen LogP) is 1.07. The Bertz CT molecular complexity index is 414. The quantitative estimate of drug-likeness (QED) is 0.726. The van der Waals surface area contributed by atoms with E-state index in [0.717, 1.165) is 12.1 Å². The second-order valence-electron chi connectivity index (χ2n) is 5.25. The average molecular weight is 274 g/mol. The van der Waals surface area contributed by atoms with Gasteiger partial charge in [-0.1, -0.05) is 0 Å². The van der Waals surface area contributed by atoms with Crippen LogP contribution in [0.1, 0.15) is 12.5 Å². The van der Waals surface area contributed by atoms with Crippen LogP contribution in [0.15, 0.2) is 12.1 Å². The number of hydrogen-bond acceptors (Lipinski definition) is 4. The molecular weight excluding hydrogens is 254 g/mol. The van der Waals surface area contributed by atoms with Crippen LogP contribution in [0.25, 0.3) is 0 Å². The maximum absolute atomic E-state index is 13.1. The van der Waals surface area contributed by atoms with E-state index < -0.39 is 23.0 Å². The molecule has 0 radical (unpaired) electrons. The third kappa shape index (κ3) is 5.10. The molecule has 1 atom stereocenters. The Hall–Kier alpha value is -1.24. The number of phenols is 1. The van der Waals surface area contributed by atoms with E-state index in [4.69, 9.17) is 5.11 Å². The predicted molar refractivity (Wildman–Crippen MR) is 68.9 cm³/mol. The molecule has 1 aromatic rings. The highest BCUT2D eigenvalue weighted by Crippen LogP contribution is 2.21. The van der Waals surface area contributed by atoms with Crippen LogP contribution in [0.4, 0.5) is 8.78 Å². The lowest BCUT2D eigenvalue weighted by molar-refractivity contribution is 0.0336. The standard InChI is InChI=1S/C13H20F2N2O2/c1-13(19,8-17(2)3)7-16-6-9-4-10(14)12(18)11(15)5-9/h4-5,16,18-19H,6-8H2,1-3H3. The molecule has 19 heavy (non-hydrogen) atoms. The zero-order chi connectivity index (χ0) is 14.6. The van der Waals surface area contributed by atoms with Gasteiger partial charge < -0.3 is 20.4 Å². The highest BCUT2D eigenvalue weighted by molar-refractivity contribution is 5.29. The van der Waals surface area contributed by atoms with Crippen molar-refractivity contribution in [3.63, 3.8) is 0 Å². The molecule has 1 unspecified atom stereocenters. The van der Waals surface area contributed by atoms with Gasteiger partial charge in [0, 0.05) is 19.6 Å². The molecule has 0 aliphatic heterocycles. The minimum Gasteiger partial charge on any atom is -0.503 e. The summed E-state index contributed by atoms with van der Waals surface area (Å²) in [6.07, 6.45) is 0. The van der Waals surface area contributed by atoms with E-state index in [1.807, 2.05) is 19.0 Å². The summed E-state index contributed by atoms with van der Waals surface area (Å²) >= 11 is 0.